The predicted molar refractivity (Wildman–Crippen MR) is 78.7 cm³/mol. The first kappa shape index (κ1) is 11.0. The average Bonchev–Trinajstić information content (AvgIpc) is 3.11. The summed E-state index contributed by atoms with van der Waals surface area (Å²) in [5, 5.41) is 4.43. The zero-order valence-corrected chi connectivity index (χ0v) is 10.7. The van der Waals surface area contributed by atoms with Gasteiger partial charge in [-0.05, 0) is 11.6 Å². The Labute approximate surface area is 115 Å². The number of benzene rings is 2. The van der Waals surface area contributed by atoms with Gasteiger partial charge in [-0.3, -0.25) is 0 Å². The summed E-state index contributed by atoms with van der Waals surface area (Å²) in [6.07, 6.45) is 3.48. The molecule has 1 N–H and O–H groups in total. The molecule has 4 nitrogen and oxygen atoms in total. The van der Waals surface area contributed by atoms with Crippen LogP contribution >= 0.6 is 0 Å². The van der Waals surface area contributed by atoms with Gasteiger partial charge in [-0.25, -0.2) is 9.67 Å². The maximum atomic E-state index is 4.43. The minimum Gasteiger partial charge on any atom is -0.342 e. The van der Waals surface area contributed by atoms with Crippen LogP contribution in [0.5, 0.6) is 0 Å². The second kappa shape index (κ2) is 4.35. The smallest absolute Gasteiger partial charge is 0.180 e. The van der Waals surface area contributed by atoms with Crippen molar-refractivity contribution in [1.82, 2.24) is 19.7 Å². The van der Waals surface area contributed by atoms with Crippen LogP contribution in [-0.4, -0.2) is 19.7 Å². The lowest BCUT2D eigenvalue weighted by Gasteiger charge is -2.09. The van der Waals surface area contributed by atoms with Gasteiger partial charge in [-0.2, -0.15) is 5.10 Å². The van der Waals surface area contributed by atoms with E-state index in [4.69, 9.17) is 0 Å². The number of aromatic amines is 1. The number of nitrogens with zero attached hydrogens (tertiary/aromatic N) is 3. The zero-order chi connectivity index (χ0) is 13.4. The Hall–Kier alpha value is -2.88. The molecular weight excluding hydrogens is 248 g/mol. The van der Waals surface area contributed by atoms with Crippen molar-refractivity contribution in [3.8, 4) is 16.8 Å². The molecule has 2 heterocycles. The van der Waals surface area contributed by atoms with Gasteiger partial charge >= 0.3 is 0 Å². The van der Waals surface area contributed by atoms with Gasteiger partial charge in [0.15, 0.2) is 5.65 Å². The molecule has 4 heteroatoms. The van der Waals surface area contributed by atoms with E-state index < -0.39 is 0 Å². The molecule has 96 valence electrons. The molecule has 0 atom stereocenters. The van der Waals surface area contributed by atoms with Crippen LogP contribution in [0.1, 0.15) is 0 Å². The van der Waals surface area contributed by atoms with Crippen molar-refractivity contribution in [1.29, 1.82) is 0 Å². The summed E-state index contributed by atoms with van der Waals surface area (Å²) in [5.41, 5.74) is 5.12. The summed E-state index contributed by atoms with van der Waals surface area (Å²) in [6.45, 7) is 0. The van der Waals surface area contributed by atoms with Gasteiger partial charge in [-0.1, -0.05) is 48.5 Å². The van der Waals surface area contributed by atoms with E-state index in [-0.39, 0.29) is 0 Å². The highest BCUT2D eigenvalue weighted by molar-refractivity contribution is 5.78. The molecule has 0 radical (unpaired) electrons. The summed E-state index contributed by atoms with van der Waals surface area (Å²) in [5.74, 6) is 0. The molecule has 0 saturated heterocycles. The third-order valence-corrected chi connectivity index (χ3v) is 3.37. The molecular formula is C16H12N4. The molecule has 0 saturated carbocycles. The van der Waals surface area contributed by atoms with Crippen LogP contribution in [0.15, 0.2) is 67.1 Å². The molecule has 4 aromatic rings. The van der Waals surface area contributed by atoms with E-state index in [1.54, 1.807) is 12.5 Å². The molecule has 0 aliphatic rings. The predicted octanol–water partition coefficient (Wildman–Crippen LogP) is 3.42. The average molecular weight is 260 g/mol. The molecule has 0 unspecified atom stereocenters. The molecule has 20 heavy (non-hydrogen) atoms. The largest absolute Gasteiger partial charge is 0.342 e. The molecule has 2 aromatic heterocycles. The van der Waals surface area contributed by atoms with Crippen LogP contribution in [0.4, 0.5) is 0 Å². The van der Waals surface area contributed by atoms with E-state index in [1.165, 1.54) is 5.56 Å². The summed E-state index contributed by atoms with van der Waals surface area (Å²) in [7, 11) is 0. The van der Waals surface area contributed by atoms with Gasteiger partial charge in [-0.15, -0.1) is 0 Å². The highest BCUT2D eigenvalue weighted by atomic mass is 15.3. The number of imidazole rings is 1. The Kier molecular flexibility index (Phi) is 2.39. The molecule has 0 bridgehead atoms. The van der Waals surface area contributed by atoms with Crippen LogP contribution < -0.4 is 0 Å². The molecule has 0 aliphatic carbocycles. The lowest BCUT2D eigenvalue weighted by molar-refractivity contribution is 0.898. The highest BCUT2D eigenvalue weighted by Gasteiger charge is 2.11. The Bertz CT molecular complexity index is 858. The Morgan fingerprint density at radius 2 is 1.70 bits per heavy atom. The molecule has 0 spiro atoms. The molecule has 0 fully saturated rings. The summed E-state index contributed by atoms with van der Waals surface area (Å²) in [6, 6.07) is 18.5. The van der Waals surface area contributed by atoms with E-state index in [9.17, 15) is 0 Å². The topological polar surface area (TPSA) is 46.5 Å². The lowest BCUT2D eigenvalue weighted by atomic mass is 10.0. The van der Waals surface area contributed by atoms with Crippen LogP contribution in [0, 0.1) is 0 Å². The van der Waals surface area contributed by atoms with Crippen LogP contribution in [0.3, 0.4) is 0 Å². The number of fused-ring (bicyclic) bond motifs is 1. The minimum atomic E-state index is 0.841. The SMILES string of the molecule is c1ccc(-c2ccccc2-n2ncc3[nH]cnc32)cc1. The monoisotopic (exact) mass is 260 g/mol. The van der Waals surface area contributed by atoms with Crippen molar-refractivity contribution in [2.24, 2.45) is 0 Å². The highest BCUT2D eigenvalue weighted by Crippen LogP contribution is 2.27. The normalized spacial score (nSPS) is 11.0. The van der Waals surface area contributed by atoms with Crippen LogP contribution in [0.25, 0.3) is 28.0 Å². The maximum absolute atomic E-state index is 4.43. The second-order valence-electron chi connectivity index (χ2n) is 4.58. The van der Waals surface area contributed by atoms with Crippen molar-refractivity contribution in [3.63, 3.8) is 0 Å². The number of rotatable bonds is 2. The van der Waals surface area contributed by atoms with Crippen molar-refractivity contribution < 1.29 is 0 Å². The van der Waals surface area contributed by atoms with Crippen LogP contribution in [0.2, 0.25) is 0 Å². The molecule has 4 rings (SSSR count). The van der Waals surface area contributed by atoms with Crippen molar-refractivity contribution in [3.05, 3.63) is 67.1 Å². The summed E-state index contributed by atoms with van der Waals surface area (Å²) >= 11 is 0. The lowest BCUT2D eigenvalue weighted by Crippen LogP contribution is -1.99. The van der Waals surface area contributed by atoms with E-state index in [0.29, 0.717) is 0 Å². The summed E-state index contributed by atoms with van der Waals surface area (Å²) in [4.78, 5) is 7.41. The number of H-pyrrole nitrogens is 1. The van der Waals surface area contributed by atoms with Gasteiger partial charge in [0, 0.05) is 5.56 Å². The number of hydrogen-bond acceptors (Lipinski definition) is 2. The Balaban J connectivity index is 1.98. The second-order valence-corrected chi connectivity index (χ2v) is 4.58. The van der Waals surface area contributed by atoms with Gasteiger partial charge in [0.1, 0.15) is 5.52 Å². The van der Waals surface area contributed by atoms with E-state index in [1.807, 2.05) is 35.0 Å². The standard InChI is InChI=1S/C16H12N4/c1-2-6-12(7-3-1)13-8-4-5-9-15(13)20-16-14(10-19-20)17-11-18-16/h1-11H,(H,17,18). The Morgan fingerprint density at radius 3 is 2.60 bits per heavy atom. The van der Waals surface area contributed by atoms with Crippen molar-refractivity contribution in [2.45, 2.75) is 0 Å². The number of para-hydroxylation sites is 1. The molecule has 2 aromatic carbocycles. The number of hydrogen-bond donors (Lipinski definition) is 1. The van der Waals surface area contributed by atoms with Crippen molar-refractivity contribution in [2.75, 3.05) is 0 Å². The van der Waals surface area contributed by atoms with Gasteiger partial charge in [0.05, 0.1) is 18.2 Å². The fourth-order valence-corrected chi connectivity index (χ4v) is 2.43. The van der Waals surface area contributed by atoms with E-state index in [2.05, 4.69) is 39.3 Å². The fourth-order valence-electron chi connectivity index (χ4n) is 2.43. The van der Waals surface area contributed by atoms with Gasteiger partial charge in [0.2, 0.25) is 0 Å². The van der Waals surface area contributed by atoms with E-state index in [0.717, 1.165) is 22.4 Å². The first-order valence-corrected chi connectivity index (χ1v) is 6.45. The number of nitrogens with one attached hydrogen (secondary N) is 1. The third-order valence-electron chi connectivity index (χ3n) is 3.37. The molecule has 0 amide bonds. The quantitative estimate of drug-likeness (QED) is 0.600. The maximum Gasteiger partial charge on any atom is 0.180 e. The van der Waals surface area contributed by atoms with Gasteiger partial charge < -0.3 is 4.98 Å². The third kappa shape index (κ3) is 1.62. The minimum absolute atomic E-state index is 0.841. The number of aromatic nitrogens is 4. The zero-order valence-electron chi connectivity index (χ0n) is 10.7. The fraction of sp³-hybridized carbons (Fsp3) is 0. The van der Waals surface area contributed by atoms with E-state index >= 15 is 0 Å². The first-order valence-electron chi connectivity index (χ1n) is 6.45. The van der Waals surface area contributed by atoms with Crippen molar-refractivity contribution >= 4 is 11.2 Å². The van der Waals surface area contributed by atoms with Crippen LogP contribution in [-0.2, 0) is 0 Å². The molecule has 0 aliphatic heterocycles. The van der Waals surface area contributed by atoms with Gasteiger partial charge in [0.25, 0.3) is 0 Å². The first-order chi connectivity index (χ1) is 9.93. The Morgan fingerprint density at radius 1 is 0.900 bits per heavy atom. The summed E-state index contributed by atoms with van der Waals surface area (Å²) < 4.78 is 1.87.